The third-order valence-electron chi connectivity index (χ3n) is 4.80. The molecule has 0 radical (unpaired) electrons. The largest absolute Gasteiger partial charge is 0.491 e. The van der Waals surface area contributed by atoms with E-state index in [1.807, 2.05) is 24.3 Å². The summed E-state index contributed by atoms with van der Waals surface area (Å²) in [6, 6.07) is 11.8. The number of ether oxygens (including phenoxy) is 2. The first-order chi connectivity index (χ1) is 15.1. The van der Waals surface area contributed by atoms with E-state index in [0.717, 1.165) is 5.69 Å². The van der Waals surface area contributed by atoms with Gasteiger partial charge in [0, 0.05) is 18.2 Å². The predicted molar refractivity (Wildman–Crippen MR) is 114 cm³/mol. The van der Waals surface area contributed by atoms with Gasteiger partial charge >= 0.3 is 0 Å². The Morgan fingerprint density at radius 2 is 2.13 bits per heavy atom. The Labute approximate surface area is 183 Å². The van der Waals surface area contributed by atoms with Crippen LogP contribution < -0.4 is 4.74 Å². The minimum atomic E-state index is -0.473. The Hall–Kier alpha value is -3.23. The number of morpholine rings is 1. The molecule has 2 heterocycles. The Morgan fingerprint density at radius 3 is 2.87 bits per heavy atom. The molecule has 0 spiro atoms. The molecule has 7 nitrogen and oxygen atoms in total. The molecule has 0 N–H and O–H groups in total. The average Bonchev–Trinajstić information content (AvgIpc) is 3.33. The maximum absolute atomic E-state index is 13.9. The summed E-state index contributed by atoms with van der Waals surface area (Å²) in [5.74, 6) is -0.0190. The molecule has 0 aliphatic carbocycles. The van der Waals surface area contributed by atoms with Gasteiger partial charge in [0.15, 0.2) is 0 Å². The summed E-state index contributed by atoms with van der Waals surface area (Å²) in [5, 5.41) is 4.33. The molecule has 1 aliphatic heterocycles. The fourth-order valence-electron chi connectivity index (χ4n) is 3.18. The molecular weight excluding hydrogens is 423 g/mol. The van der Waals surface area contributed by atoms with Crippen molar-refractivity contribution in [3.05, 3.63) is 77.6 Å². The number of carbonyl (C=O) groups excluding carboxylic acids is 1. The van der Waals surface area contributed by atoms with Gasteiger partial charge in [0.25, 0.3) is 0 Å². The van der Waals surface area contributed by atoms with Crippen molar-refractivity contribution in [3.8, 4) is 11.4 Å². The number of halogens is 2. The maximum Gasteiger partial charge on any atom is 0.246 e. The van der Waals surface area contributed by atoms with Crippen LogP contribution in [0, 0.1) is 5.82 Å². The van der Waals surface area contributed by atoms with Crippen LogP contribution in [-0.4, -0.2) is 58.0 Å². The SMILES string of the molecule is O=C(C=Cc1c(F)cccc1Cl)N1CCOC(COc2ccc(-n3cncn3)cc2)C1. The number of hydrogen-bond acceptors (Lipinski definition) is 5. The highest BCUT2D eigenvalue weighted by atomic mass is 35.5. The molecule has 3 aromatic rings. The molecule has 9 heteroatoms. The van der Waals surface area contributed by atoms with E-state index < -0.39 is 5.82 Å². The highest BCUT2D eigenvalue weighted by Gasteiger charge is 2.23. The van der Waals surface area contributed by atoms with E-state index in [1.165, 1.54) is 30.6 Å². The lowest BCUT2D eigenvalue weighted by molar-refractivity contribution is -0.134. The summed E-state index contributed by atoms with van der Waals surface area (Å²) in [7, 11) is 0. The van der Waals surface area contributed by atoms with Crippen molar-refractivity contribution in [2.45, 2.75) is 6.10 Å². The third kappa shape index (κ3) is 5.28. The molecular formula is C22H20ClFN4O3. The molecule has 1 unspecified atom stereocenters. The van der Waals surface area contributed by atoms with Gasteiger partial charge in [0.05, 0.1) is 23.9 Å². The second-order valence-corrected chi connectivity index (χ2v) is 7.30. The second kappa shape index (κ2) is 9.72. The molecule has 1 saturated heterocycles. The van der Waals surface area contributed by atoms with Crippen LogP contribution in [0.15, 0.2) is 61.2 Å². The molecule has 1 amide bonds. The van der Waals surface area contributed by atoms with Gasteiger partial charge in [0.2, 0.25) is 5.91 Å². The molecule has 1 aromatic heterocycles. The van der Waals surface area contributed by atoms with Crippen molar-refractivity contribution in [1.29, 1.82) is 0 Å². The minimum absolute atomic E-state index is 0.194. The van der Waals surface area contributed by atoms with Gasteiger partial charge in [-0.15, -0.1) is 0 Å². The Balaban J connectivity index is 1.31. The second-order valence-electron chi connectivity index (χ2n) is 6.89. The van der Waals surface area contributed by atoms with Crippen LogP contribution in [0.4, 0.5) is 4.39 Å². The molecule has 31 heavy (non-hydrogen) atoms. The molecule has 0 bridgehead atoms. The van der Waals surface area contributed by atoms with E-state index in [1.54, 1.807) is 22.0 Å². The molecule has 160 valence electrons. The van der Waals surface area contributed by atoms with Crippen molar-refractivity contribution in [3.63, 3.8) is 0 Å². The number of nitrogens with zero attached hydrogens (tertiary/aromatic N) is 4. The van der Waals surface area contributed by atoms with Crippen molar-refractivity contribution in [2.75, 3.05) is 26.3 Å². The van der Waals surface area contributed by atoms with Gasteiger partial charge in [-0.05, 0) is 42.5 Å². The van der Waals surface area contributed by atoms with Gasteiger partial charge in [-0.1, -0.05) is 17.7 Å². The number of amides is 1. The van der Waals surface area contributed by atoms with E-state index in [4.69, 9.17) is 21.1 Å². The van der Waals surface area contributed by atoms with Gasteiger partial charge < -0.3 is 14.4 Å². The predicted octanol–water partition coefficient (Wildman–Crippen LogP) is 3.38. The van der Waals surface area contributed by atoms with Crippen LogP contribution in [0.5, 0.6) is 5.75 Å². The number of rotatable bonds is 6. The van der Waals surface area contributed by atoms with E-state index >= 15 is 0 Å². The van der Waals surface area contributed by atoms with E-state index in [-0.39, 0.29) is 22.6 Å². The summed E-state index contributed by atoms with van der Waals surface area (Å²) >= 11 is 6.00. The lowest BCUT2D eigenvalue weighted by atomic mass is 10.2. The zero-order chi connectivity index (χ0) is 21.6. The van der Waals surface area contributed by atoms with Crippen molar-refractivity contribution < 1.29 is 18.7 Å². The maximum atomic E-state index is 13.9. The smallest absolute Gasteiger partial charge is 0.246 e. The highest BCUT2D eigenvalue weighted by molar-refractivity contribution is 6.32. The van der Waals surface area contributed by atoms with Crippen LogP contribution >= 0.6 is 11.6 Å². The zero-order valence-electron chi connectivity index (χ0n) is 16.5. The zero-order valence-corrected chi connectivity index (χ0v) is 17.3. The van der Waals surface area contributed by atoms with Crippen LogP contribution in [0.3, 0.4) is 0 Å². The van der Waals surface area contributed by atoms with Crippen molar-refractivity contribution in [2.24, 2.45) is 0 Å². The normalized spacial score (nSPS) is 16.6. The Kier molecular flexibility index (Phi) is 6.59. The Bertz CT molecular complexity index is 1040. The quantitative estimate of drug-likeness (QED) is 0.547. The first-order valence-electron chi connectivity index (χ1n) is 9.70. The standard InChI is InChI=1S/C22H20ClFN4O3/c23-20-2-1-3-21(24)19(20)8-9-22(29)27-10-11-30-18(12-27)13-31-17-6-4-16(5-7-17)28-15-25-14-26-28/h1-9,14-15,18H,10-13H2. The highest BCUT2D eigenvalue weighted by Crippen LogP contribution is 2.21. The summed E-state index contributed by atoms with van der Waals surface area (Å²) in [6.45, 7) is 1.54. The fourth-order valence-corrected chi connectivity index (χ4v) is 3.40. The first kappa shape index (κ1) is 21.0. The summed E-state index contributed by atoms with van der Waals surface area (Å²) < 4.78 is 27.0. The van der Waals surface area contributed by atoms with E-state index in [0.29, 0.717) is 32.1 Å². The van der Waals surface area contributed by atoms with Gasteiger partial charge in [-0.2, -0.15) is 5.10 Å². The Morgan fingerprint density at radius 1 is 1.29 bits per heavy atom. The topological polar surface area (TPSA) is 69.5 Å². The van der Waals surface area contributed by atoms with Crippen molar-refractivity contribution >= 4 is 23.6 Å². The molecule has 0 saturated carbocycles. The van der Waals surface area contributed by atoms with Gasteiger partial charge in [-0.25, -0.2) is 14.1 Å². The van der Waals surface area contributed by atoms with Crippen LogP contribution in [0.2, 0.25) is 5.02 Å². The lowest BCUT2D eigenvalue weighted by Crippen LogP contribution is -2.47. The van der Waals surface area contributed by atoms with Gasteiger partial charge in [0.1, 0.15) is 36.9 Å². The molecule has 4 rings (SSSR count). The summed E-state index contributed by atoms with van der Waals surface area (Å²) in [5.41, 5.74) is 1.07. The number of carbonyl (C=O) groups is 1. The first-order valence-corrected chi connectivity index (χ1v) is 10.1. The summed E-state index contributed by atoms with van der Waals surface area (Å²) in [6.07, 6.45) is 5.55. The number of aromatic nitrogens is 3. The molecule has 1 aliphatic rings. The van der Waals surface area contributed by atoms with Crippen molar-refractivity contribution in [1.82, 2.24) is 19.7 Å². The third-order valence-corrected chi connectivity index (χ3v) is 5.13. The lowest BCUT2D eigenvalue weighted by Gasteiger charge is -2.32. The van der Waals surface area contributed by atoms with Crippen LogP contribution in [-0.2, 0) is 9.53 Å². The van der Waals surface area contributed by atoms with Crippen LogP contribution in [0.1, 0.15) is 5.56 Å². The monoisotopic (exact) mass is 442 g/mol. The molecule has 1 fully saturated rings. The fraction of sp³-hybridized carbons (Fsp3) is 0.227. The van der Waals surface area contributed by atoms with Crippen LogP contribution in [0.25, 0.3) is 11.8 Å². The van der Waals surface area contributed by atoms with E-state index in [9.17, 15) is 9.18 Å². The number of benzene rings is 2. The van der Waals surface area contributed by atoms with Gasteiger partial charge in [-0.3, -0.25) is 4.79 Å². The summed E-state index contributed by atoms with van der Waals surface area (Å²) in [4.78, 5) is 18.1. The van der Waals surface area contributed by atoms with E-state index in [2.05, 4.69) is 10.1 Å². The number of hydrogen-bond donors (Lipinski definition) is 0. The molecule has 2 aromatic carbocycles. The average molecular weight is 443 g/mol. The minimum Gasteiger partial charge on any atom is -0.491 e. The molecule has 1 atom stereocenters.